The van der Waals surface area contributed by atoms with Crippen LogP contribution in [-0.4, -0.2) is 4.98 Å². The molecule has 3 heteroatoms. The van der Waals surface area contributed by atoms with Crippen molar-refractivity contribution in [3.8, 4) is 11.1 Å². The molecule has 1 heterocycles. The molecule has 0 aliphatic carbocycles. The van der Waals surface area contributed by atoms with Crippen LogP contribution < -0.4 is 0 Å². The van der Waals surface area contributed by atoms with Gasteiger partial charge in [0.25, 0.3) is 0 Å². The Kier molecular flexibility index (Phi) is 4.60. The number of hydrogen-bond acceptors (Lipinski definition) is 1. The molecule has 1 nitrogen and oxygen atoms in total. The van der Waals surface area contributed by atoms with E-state index in [0.717, 1.165) is 16.7 Å². The quantitative estimate of drug-likeness (QED) is 0.725. The molecule has 0 aliphatic heterocycles. The Balaban J connectivity index is 0.00000112. The molecule has 0 spiro atoms. The summed E-state index contributed by atoms with van der Waals surface area (Å²) in [5, 5.41) is 0. The van der Waals surface area contributed by atoms with E-state index in [1.807, 2.05) is 36.5 Å². The molecule has 0 amide bonds. The molecule has 0 unspecified atom stereocenters. The van der Waals surface area contributed by atoms with E-state index in [0.29, 0.717) is 5.88 Å². The zero-order chi connectivity index (χ0) is 9.80. The third-order valence-corrected chi connectivity index (χ3v) is 2.42. The van der Waals surface area contributed by atoms with Crippen LogP contribution >= 0.6 is 24.0 Å². The Labute approximate surface area is 101 Å². The van der Waals surface area contributed by atoms with Crippen LogP contribution in [0.25, 0.3) is 11.1 Å². The van der Waals surface area contributed by atoms with Crippen molar-refractivity contribution in [2.75, 3.05) is 0 Å². The smallest absolute Gasteiger partial charge is 0.0480 e. The van der Waals surface area contributed by atoms with Gasteiger partial charge in [-0.05, 0) is 17.2 Å². The Morgan fingerprint density at radius 2 is 1.87 bits per heavy atom. The first-order valence-corrected chi connectivity index (χ1v) is 4.99. The van der Waals surface area contributed by atoms with Crippen LogP contribution in [0.2, 0.25) is 0 Å². The minimum atomic E-state index is 0. The van der Waals surface area contributed by atoms with Gasteiger partial charge in [-0.1, -0.05) is 30.3 Å². The second-order valence-corrected chi connectivity index (χ2v) is 3.30. The third-order valence-electron chi connectivity index (χ3n) is 2.13. The molecule has 0 bridgehead atoms. The lowest BCUT2D eigenvalue weighted by Gasteiger charge is -2.05. The molecule has 15 heavy (non-hydrogen) atoms. The van der Waals surface area contributed by atoms with Gasteiger partial charge in [0.2, 0.25) is 0 Å². The summed E-state index contributed by atoms with van der Waals surface area (Å²) >= 11 is 5.86. The maximum absolute atomic E-state index is 5.86. The van der Waals surface area contributed by atoms with E-state index >= 15 is 0 Å². The predicted molar refractivity (Wildman–Crippen MR) is 66.5 cm³/mol. The van der Waals surface area contributed by atoms with E-state index in [9.17, 15) is 0 Å². The van der Waals surface area contributed by atoms with Gasteiger partial charge in [0, 0.05) is 23.8 Å². The zero-order valence-electron chi connectivity index (χ0n) is 8.06. The van der Waals surface area contributed by atoms with Gasteiger partial charge in [0.15, 0.2) is 0 Å². The molecular weight excluding hydrogens is 229 g/mol. The van der Waals surface area contributed by atoms with Crippen LogP contribution in [0.4, 0.5) is 0 Å². The van der Waals surface area contributed by atoms with Crippen molar-refractivity contribution < 1.29 is 0 Å². The second kappa shape index (κ2) is 5.74. The fourth-order valence-electron chi connectivity index (χ4n) is 1.44. The molecule has 1 aromatic carbocycles. The molecule has 78 valence electrons. The van der Waals surface area contributed by atoms with Gasteiger partial charge in [-0.25, -0.2) is 0 Å². The van der Waals surface area contributed by atoms with Crippen molar-refractivity contribution in [1.82, 2.24) is 4.98 Å². The molecule has 0 atom stereocenters. The standard InChI is InChI=1S/C12H10ClN.ClH/c13-8-10-4-1-2-6-12(10)11-5-3-7-14-9-11;/h1-7,9H,8H2;1H. The van der Waals surface area contributed by atoms with Crippen molar-refractivity contribution in [2.45, 2.75) is 5.88 Å². The normalized spacial score (nSPS) is 9.40. The summed E-state index contributed by atoms with van der Waals surface area (Å²) in [6, 6.07) is 12.1. The van der Waals surface area contributed by atoms with Crippen LogP contribution in [0.1, 0.15) is 5.56 Å². The molecule has 0 saturated heterocycles. The molecule has 0 aliphatic rings. The van der Waals surface area contributed by atoms with Gasteiger partial charge in [-0.3, -0.25) is 4.98 Å². The average Bonchev–Trinajstić information content (AvgIpc) is 2.30. The maximum atomic E-state index is 5.86. The number of nitrogens with zero attached hydrogens (tertiary/aromatic N) is 1. The lowest BCUT2D eigenvalue weighted by atomic mass is 10.0. The van der Waals surface area contributed by atoms with Crippen molar-refractivity contribution in [1.29, 1.82) is 0 Å². The fraction of sp³-hybridized carbons (Fsp3) is 0.0833. The highest BCUT2D eigenvalue weighted by atomic mass is 35.5. The minimum Gasteiger partial charge on any atom is -0.264 e. The molecule has 0 fully saturated rings. The van der Waals surface area contributed by atoms with E-state index in [-0.39, 0.29) is 12.4 Å². The Morgan fingerprint density at radius 3 is 2.53 bits per heavy atom. The number of halogens is 2. The molecule has 2 aromatic rings. The summed E-state index contributed by atoms with van der Waals surface area (Å²) in [6.07, 6.45) is 3.62. The number of benzene rings is 1. The predicted octanol–water partition coefficient (Wildman–Crippen LogP) is 3.91. The van der Waals surface area contributed by atoms with Crippen LogP contribution in [-0.2, 0) is 5.88 Å². The SMILES string of the molecule is Cl.ClCc1ccccc1-c1cccnc1. The van der Waals surface area contributed by atoms with Crippen molar-refractivity contribution in [3.05, 3.63) is 54.4 Å². The first-order chi connectivity index (χ1) is 6.92. The topological polar surface area (TPSA) is 12.9 Å². The van der Waals surface area contributed by atoms with Gasteiger partial charge in [-0.15, -0.1) is 24.0 Å². The van der Waals surface area contributed by atoms with Gasteiger partial charge >= 0.3 is 0 Å². The van der Waals surface area contributed by atoms with Crippen LogP contribution in [0.5, 0.6) is 0 Å². The van der Waals surface area contributed by atoms with Crippen molar-refractivity contribution in [3.63, 3.8) is 0 Å². The summed E-state index contributed by atoms with van der Waals surface area (Å²) in [4.78, 5) is 4.09. The summed E-state index contributed by atoms with van der Waals surface area (Å²) in [6.45, 7) is 0. The average molecular weight is 240 g/mol. The Morgan fingerprint density at radius 1 is 1.07 bits per heavy atom. The number of pyridine rings is 1. The Bertz CT molecular complexity index is 415. The van der Waals surface area contributed by atoms with Gasteiger partial charge in [0.05, 0.1) is 0 Å². The van der Waals surface area contributed by atoms with Gasteiger partial charge in [0.1, 0.15) is 0 Å². The molecule has 0 N–H and O–H groups in total. The monoisotopic (exact) mass is 239 g/mol. The number of alkyl halides is 1. The van der Waals surface area contributed by atoms with E-state index in [2.05, 4.69) is 11.1 Å². The first kappa shape index (κ1) is 12.0. The van der Waals surface area contributed by atoms with Crippen LogP contribution in [0.3, 0.4) is 0 Å². The summed E-state index contributed by atoms with van der Waals surface area (Å²) < 4.78 is 0. The summed E-state index contributed by atoms with van der Waals surface area (Å²) in [5.74, 6) is 0.533. The van der Waals surface area contributed by atoms with E-state index in [4.69, 9.17) is 11.6 Å². The number of rotatable bonds is 2. The Hall–Kier alpha value is -1.05. The van der Waals surface area contributed by atoms with Crippen LogP contribution in [0.15, 0.2) is 48.8 Å². The second-order valence-electron chi connectivity index (χ2n) is 3.03. The number of hydrogen-bond donors (Lipinski definition) is 0. The first-order valence-electron chi connectivity index (χ1n) is 4.46. The van der Waals surface area contributed by atoms with Crippen LogP contribution in [0, 0.1) is 0 Å². The van der Waals surface area contributed by atoms with Crippen molar-refractivity contribution >= 4 is 24.0 Å². The molecule has 1 aromatic heterocycles. The van der Waals surface area contributed by atoms with Crippen molar-refractivity contribution in [2.24, 2.45) is 0 Å². The van der Waals surface area contributed by atoms with E-state index in [1.165, 1.54) is 0 Å². The number of aromatic nitrogens is 1. The summed E-state index contributed by atoms with van der Waals surface area (Å²) in [5.41, 5.74) is 3.42. The molecule has 2 rings (SSSR count). The maximum Gasteiger partial charge on any atom is 0.0480 e. The van der Waals surface area contributed by atoms with Gasteiger partial charge < -0.3 is 0 Å². The fourth-order valence-corrected chi connectivity index (χ4v) is 1.67. The highest BCUT2D eigenvalue weighted by Gasteiger charge is 2.02. The van der Waals surface area contributed by atoms with E-state index < -0.39 is 0 Å². The lowest BCUT2D eigenvalue weighted by Crippen LogP contribution is -1.85. The van der Waals surface area contributed by atoms with E-state index in [1.54, 1.807) is 6.20 Å². The minimum absolute atomic E-state index is 0. The molecule has 0 saturated carbocycles. The zero-order valence-corrected chi connectivity index (χ0v) is 9.63. The van der Waals surface area contributed by atoms with Gasteiger partial charge in [-0.2, -0.15) is 0 Å². The molecular formula is C12H11Cl2N. The third kappa shape index (κ3) is 2.71. The lowest BCUT2D eigenvalue weighted by molar-refractivity contribution is 1.31. The highest BCUT2D eigenvalue weighted by molar-refractivity contribution is 6.17. The summed E-state index contributed by atoms with van der Waals surface area (Å²) in [7, 11) is 0. The largest absolute Gasteiger partial charge is 0.264 e. The molecule has 0 radical (unpaired) electrons. The highest BCUT2D eigenvalue weighted by Crippen LogP contribution is 2.23.